The first-order valence-corrected chi connectivity index (χ1v) is 9.32. The summed E-state index contributed by atoms with van der Waals surface area (Å²) in [6.45, 7) is 3.42. The minimum atomic E-state index is -4.46. The normalized spacial score (nSPS) is 30.0. The molecule has 1 saturated heterocycles. The van der Waals surface area contributed by atoms with Gasteiger partial charge in [-0.1, -0.05) is 6.92 Å². The minimum Gasteiger partial charge on any atom is -0.465 e. The van der Waals surface area contributed by atoms with Crippen LogP contribution in [0, 0.1) is 5.41 Å². The van der Waals surface area contributed by atoms with E-state index in [2.05, 4.69) is 4.98 Å². The van der Waals surface area contributed by atoms with Crippen LogP contribution in [0.1, 0.15) is 52.4 Å². The van der Waals surface area contributed by atoms with E-state index in [1.165, 1.54) is 12.3 Å². The second kappa shape index (κ2) is 6.96. The first-order chi connectivity index (χ1) is 12.6. The Labute approximate surface area is 156 Å². The van der Waals surface area contributed by atoms with Crippen LogP contribution in [0.4, 0.5) is 18.9 Å². The largest absolute Gasteiger partial charge is 0.465 e. The highest BCUT2D eigenvalue weighted by molar-refractivity contribution is 5.99. The summed E-state index contributed by atoms with van der Waals surface area (Å²) in [7, 11) is 0. The van der Waals surface area contributed by atoms with Crippen LogP contribution in [0.15, 0.2) is 18.3 Å². The third-order valence-corrected chi connectivity index (χ3v) is 6.10. The Kier molecular flexibility index (Phi) is 5.14. The maximum atomic E-state index is 13.0. The number of aromatic nitrogens is 1. The highest BCUT2D eigenvalue weighted by Crippen LogP contribution is 2.49. The van der Waals surface area contributed by atoms with Crippen LogP contribution in [-0.2, 0) is 4.79 Å². The molecule has 1 aromatic rings. The van der Waals surface area contributed by atoms with Gasteiger partial charge in [0.2, 0.25) is 11.8 Å². The molecule has 1 aromatic heterocycles. The lowest BCUT2D eigenvalue weighted by Crippen LogP contribution is -2.43. The highest BCUT2D eigenvalue weighted by atomic mass is 19.4. The van der Waals surface area contributed by atoms with Gasteiger partial charge in [0.1, 0.15) is 0 Å². The summed E-state index contributed by atoms with van der Waals surface area (Å²) in [6.07, 6.45) is -1.09. The molecule has 1 aliphatic carbocycles. The number of ether oxygens (including phenoxy) is 1. The van der Waals surface area contributed by atoms with Crippen molar-refractivity contribution < 1.29 is 27.8 Å². The van der Waals surface area contributed by atoms with E-state index in [-0.39, 0.29) is 11.8 Å². The number of amides is 1. The Morgan fingerprint density at radius 1 is 1.26 bits per heavy atom. The summed E-state index contributed by atoms with van der Waals surface area (Å²) >= 11 is 0. The van der Waals surface area contributed by atoms with E-state index < -0.39 is 23.3 Å². The summed E-state index contributed by atoms with van der Waals surface area (Å²) in [5.41, 5.74) is -0.559. The summed E-state index contributed by atoms with van der Waals surface area (Å²) in [6, 6.07) is 2.92. The number of carbonyl (C=O) groups is 1. The smallest absolute Gasteiger partial charge is 0.425 e. The number of halogens is 3. The van der Waals surface area contributed by atoms with Crippen LogP contribution in [0.2, 0.25) is 0 Å². The lowest BCUT2D eigenvalue weighted by atomic mass is 9.67. The lowest BCUT2D eigenvalue weighted by molar-refractivity contribution is -0.189. The van der Waals surface area contributed by atoms with E-state index in [9.17, 15) is 23.1 Å². The molecule has 150 valence electrons. The molecule has 1 aliphatic heterocycles. The van der Waals surface area contributed by atoms with Gasteiger partial charge in [0.05, 0.1) is 22.9 Å². The second-order valence-corrected chi connectivity index (χ2v) is 7.72. The van der Waals surface area contributed by atoms with E-state index >= 15 is 0 Å². The predicted molar refractivity (Wildman–Crippen MR) is 93.5 cm³/mol. The molecule has 1 spiro atoms. The standard InChI is InChI=1S/C19H25F3N2O3/c1-3-18(26)8-6-17(7-9-18)10-11-24(16(17)25)14-4-5-15(23-12-14)27-13(2)19(20,21)22/h4-5,12-13,26H,3,6-11H2,1-2H3/t13-,17-,18+/m0/s1. The molecule has 5 nitrogen and oxygen atoms in total. The minimum absolute atomic E-state index is 0.0137. The fourth-order valence-corrected chi connectivity index (χ4v) is 3.93. The fourth-order valence-electron chi connectivity index (χ4n) is 3.93. The van der Waals surface area contributed by atoms with Gasteiger partial charge in [-0.3, -0.25) is 4.79 Å². The van der Waals surface area contributed by atoms with Crippen LogP contribution in [0.3, 0.4) is 0 Å². The topological polar surface area (TPSA) is 62.7 Å². The Balaban J connectivity index is 1.67. The van der Waals surface area contributed by atoms with Crippen LogP contribution < -0.4 is 9.64 Å². The van der Waals surface area contributed by atoms with Crippen molar-refractivity contribution in [1.29, 1.82) is 0 Å². The van der Waals surface area contributed by atoms with Crippen LogP contribution in [0.5, 0.6) is 5.88 Å². The quantitative estimate of drug-likeness (QED) is 0.854. The predicted octanol–water partition coefficient (Wildman–Crippen LogP) is 3.85. The van der Waals surface area contributed by atoms with Crippen molar-refractivity contribution >= 4 is 11.6 Å². The zero-order valence-electron chi connectivity index (χ0n) is 15.6. The maximum Gasteiger partial charge on any atom is 0.425 e. The number of nitrogens with zero attached hydrogens (tertiary/aromatic N) is 2. The lowest BCUT2D eigenvalue weighted by Gasteiger charge is -2.40. The van der Waals surface area contributed by atoms with E-state index in [0.717, 1.165) is 13.3 Å². The van der Waals surface area contributed by atoms with Gasteiger partial charge >= 0.3 is 6.18 Å². The fraction of sp³-hybridized carbons (Fsp3) is 0.684. The van der Waals surface area contributed by atoms with Gasteiger partial charge in [0, 0.05) is 12.6 Å². The number of rotatable bonds is 4. The Morgan fingerprint density at radius 3 is 2.44 bits per heavy atom. The molecule has 0 radical (unpaired) electrons. The van der Waals surface area contributed by atoms with Crippen molar-refractivity contribution in [2.75, 3.05) is 11.4 Å². The molecule has 0 aromatic carbocycles. The number of hydrogen-bond donors (Lipinski definition) is 1. The Bertz CT molecular complexity index is 682. The molecule has 2 fully saturated rings. The molecule has 0 unspecified atom stereocenters. The van der Waals surface area contributed by atoms with Gasteiger partial charge in [0.15, 0.2) is 6.10 Å². The molecule has 1 saturated carbocycles. The number of anilines is 1. The van der Waals surface area contributed by atoms with E-state index in [1.807, 2.05) is 6.92 Å². The summed E-state index contributed by atoms with van der Waals surface area (Å²) < 4.78 is 42.5. The van der Waals surface area contributed by atoms with Crippen LogP contribution in [0.25, 0.3) is 0 Å². The van der Waals surface area contributed by atoms with Crippen molar-refractivity contribution in [1.82, 2.24) is 4.98 Å². The van der Waals surface area contributed by atoms with E-state index in [4.69, 9.17) is 4.74 Å². The van der Waals surface area contributed by atoms with Crippen molar-refractivity contribution in [2.45, 2.75) is 70.3 Å². The van der Waals surface area contributed by atoms with Gasteiger partial charge in [-0.25, -0.2) is 4.98 Å². The Morgan fingerprint density at radius 2 is 1.93 bits per heavy atom. The van der Waals surface area contributed by atoms with Gasteiger partial charge in [0.25, 0.3) is 0 Å². The first kappa shape index (κ1) is 19.9. The average molecular weight is 386 g/mol. The number of pyridine rings is 1. The number of hydrogen-bond acceptors (Lipinski definition) is 4. The van der Waals surface area contributed by atoms with Crippen molar-refractivity contribution in [3.8, 4) is 5.88 Å². The van der Waals surface area contributed by atoms with Gasteiger partial charge < -0.3 is 14.7 Å². The third-order valence-electron chi connectivity index (χ3n) is 6.10. The molecule has 2 aliphatic rings. The maximum absolute atomic E-state index is 13.0. The van der Waals surface area contributed by atoms with Crippen molar-refractivity contribution in [3.05, 3.63) is 18.3 Å². The molecular formula is C19H25F3N2O3. The molecule has 1 amide bonds. The first-order valence-electron chi connectivity index (χ1n) is 9.32. The zero-order valence-corrected chi connectivity index (χ0v) is 15.6. The average Bonchev–Trinajstić information content (AvgIpc) is 2.94. The molecule has 3 rings (SSSR count). The molecule has 0 bridgehead atoms. The third kappa shape index (κ3) is 3.90. The van der Waals surface area contributed by atoms with Gasteiger partial charge in [-0.05, 0) is 51.5 Å². The molecule has 1 atom stereocenters. The van der Waals surface area contributed by atoms with Crippen molar-refractivity contribution in [3.63, 3.8) is 0 Å². The molecule has 2 heterocycles. The monoisotopic (exact) mass is 386 g/mol. The number of alkyl halides is 3. The van der Waals surface area contributed by atoms with Gasteiger partial charge in [-0.15, -0.1) is 0 Å². The van der Waals surface area contributed by atoms with Gasteiger partial charge in [-0.2, -0.15) is 13.2 Å². The molecule has 27 heavy (non-hydrogen) atoms. The SMILES string of the molecule is CC[C@]1(O)CC[C@]2(CCN(c3ccc(O[C@@H](C)C(F)(F)F)nc3)C2=O)CC1. The van der Waals surface area contributed by atoms with E-state index in [0.29, 0.717) is 44.3 Å². The highest BCUT2D eigenvalue weighted by Gasteiger charge is 2.51. The van der Waals surface area contributed by atoms with Crippen molar-refractivity contribution in [2.24, 2.45) is 5.41 Å². The zero-order chi connectivity index (χ0) is 19.9. The number of carbonyl (C=O) groups excluding carboxylic acids is 1. The molecule has 8 heteroatoms. The van der Waals surface area contributed by atoms with Crippen LogP contribution in [-0.4, -0.2) is 40.4 Å². The van der Waals surface area contributed by atoms with Crippen LogP contribution >= 0.6 is 0 Å². The molecular weight excluding hydrogens is 361 g/mol. The number of aliphatic hydroxyl groups is 1. The molecule has 1 N–H and O–H groups in total. The second-order valence-electron chi connectivity index (χ2n) is 7.72. The Hall–Kier alpha value is -1.83. The summed E-state index contributed by atoms with van der Waals surface area (Å²) in [5.74, 6) is -0.115. The summed E-state index contributed by atoms with van der Waals surface area (Å²) in [4.78, 5) is 18.6. The summed E-state index contributed by atoms with van der Waals surface area (Å²) in [5, 5.41) is 10.4. The van der Waals surface area contributed by atoms with E-state index in [1.54, 1.807) is 11.0 Å².